The fourth-order valence-corrected chi connectivity index (χ4v) is 3.85. The molecule has 3 rings (SSSR count). The highest BCUT2D eigenvalue weighted by Crippen LogP contribution is 2.31. The normalized spacial score (nSPS) is 10.6. The molecule has 1 aromatic heterocycles. The highest BCUT2D eigenvalue weighted by Gasteiger charge is 2.08. The van der Waals surface area contributed by atoms with Crippen molar-refractivity contribution in [2.45, 2.75) is 10.1 Å². The number of halogens is 1. The van der Waals surface area contributed by atoms with Gasteiger partial charge in [0.2, 0.25) is 0 Å². The Bertz CT molecular complexity index is 772. The topological polar surface area (TPSA) is 36.7 Å². The number of hydrogen-bond donors (Lipinski definition) is 0. The van der Waals surface area contributed by atoms with Gasteiger partial charge < -0.3 is 0 Å². The molecule has 0 bridgehead atoms. The van der Waals surface area contributed by atoms with Crippen molar-refractivity contribution in [1.82, 2.24) is 4.98 Å². The van der Waals surface area contributed by atoms with Crippen molar-refractivity contribution in [1.29, 1.82) is 5.26 Å². The molecule has 0 N–H and O–H groups in total. The van der Waals surface area contributed by atoms with Gasteiger partial charge in [-0.25, -0.2) is 9.37 Å². The summed E-state index contributed by atoms with van der Waals surface area (Å²) < 4.78 is 15.7. The van der Waals surface area contributed by atoms with Crippen molar-refractivity contribution < 1.29 is 4.39 Å². The summed E-state index contributed by atoms with van der Waals surface area (Å²) in [5.41, 5.74) is 1.98. The predicted octanol–water partition coefficient (Wildman–Crippen LogP) is 4.60. The predicted molar refractivity (Wildman–Crippen MR) is 80.3 cm³/mol. The second-order valence-electron chi connectivity index (χ2n) is 4.15. The summed E-state index contributed by atoms with van der Waals surface area (Å²) in [6.07, 6.45) is 0. The van der Waals surface area contributed by atoms with Crippen molar-refractivity contribution in [3.63, 3.8) is 0 Å². The maximum absolute atomic E-state index is 13.7. The van der Waals surface area contributed by atoms with E-state index in [0.29, 0.717) is 16.9 Å². The van der Waals surface area contributed by atoms with Crippen LogP contribution in [0.1, 0.15) is 11.1 Å². The molecule has 0 spiro atoms. The van der Waals surface area contributed by atoms with Crippen molar-refractivity contribution in [2.75, 3.05) is 0 Å². The average Bonchev–Trinajstić information content (AvgIpc) is 2.89. The molecule has 0 fully saturated rings. The Morgan fingerprint density at radius 2 is 2.10 bits per heavy atom. The molecule has 0 amide bonds. The van der Waals surface area contributed by atoms with Crippen LogP contribution in [-0.4, -0.2) is 4.98 Å². The Morgan fingerprint density at radius 1 is 1.25 bits per heavy atom. The molecule has 0 saturated heterocycles. The monoisotopic (exact) mass is 300 g/mol. The molecule has 0 unspecified atom stereocenters. The first kappa shape index (κ1) is 13.1. The van der Waals surface area contributed by atoms with E-state index < -0.39 is 0 Å². The fourth-order valence-electron chi connectivity index (χ4n) is 1.81. The Labute approximate surface area is 123 Å². The summed E-state index contributed by atoms with van der Waals surface area (Å²) in [6, 6.07) is 14.4. The molecule has 1 heterocycles. The summed E-state index contributed by atoms with van der Waals surface area (Å²) in [7, 11) is 0. The minimum absolute atomic E-state index is 0.280. The number of fused-ring (bicyclic) bond motifs is 1. The van der Waals surface area contributed by atoms with Crippen LogP contribution in [0.15, 0.2) is 46.8 Å². The van der Waals surface area contributed by atoms with Crippen LogP contribution in [0.25, 0.3) is 10.2 Å². The first-order valence-corrected chi connectivity index (χ1v) is 7.73. The second-order valence-corrected chi connectivity index (χ2v) is 6.41. The van der Waals surface area contributed by atoms with Crippen molar-refractivity contribution in [2.24, 2.45) is 0 Å². The van der Waals surface area contributed by atoms with Crippen LogP contribution in [0.2, 0.25) is 0 Å². The lowest BCUT2D eigenvalue weighted by Gasteiger charge is -2.01. The van der Waals surface area contributed by atoms with E-state index in [2.05, 4.69) is 4.98 Å². The number of rotatable bonds is 3. The van der Waals surface area contributed by atoms with E-state index in [1.165, 1.54) is 23.9 Å². The van der Waals surface area contributed by atoms with Crippen LogP contribution < -0.4 is 0 Å². The van der Waals surface area contributed by atoms with Gasteiger partial charge in [-0.05, 0) is 35.9 Å². The van der Waals surface area contributed by atoms with E-state index in [0.717, 1.165) is 14.6 Å². The molecule has 2 nitrogen and oxygen atoms in total. The minimum Gasteiger partial charge on any atom is -0.230 e. The van der Waals surface area contributed by atoms with Gasteiger partial charge in [0.15, 0.2) is 4.34 Å². The smallest absolute Gasteiger partial charge is 0.151 e. The Kier molecular flexibility index (Phi) is 3.68. The third-order valence-electron chi connectivity index (χ3n) is 2.80. The Morgan fingerprint density at radius 3 is 2.90 bits per heavy atom. The Hall–Kier alpha value is -1.90. The third kappa shape index (κ3) is 2.67. The number of thiazole rings is 1. The van der Waals surface area contributed by atoms with Crippen LogP contribution in [0.5, 0.6) is 0 Å². The van der Waals surface area contributed by atoms with E-state index in [1.807, 2.05) is 30.3 Å². The zero-order chi connectivity index (χ0) is 13.9. The molecule has 5 heteroatoms. The highest BCUT2D eigenvalue weighted by atomic mass is 32.2. The SMILES string of the molecule is N#Cc1ccc(F)c(CSc2nc3ccccc3s2)c1. The molecule has 0 aliphatic heterocycles. The van der Waals surface area contributed by atoms with Crippen LogP contribution in [0.4, 0.5) is 4.39 Å². The van der Waals surface area contributed by atoms with Gasteiger partial charge in [0, 0.05) is 5.75 Å². The molecule has 0 saturated carbocycles. The van der Waals surface area contributed by atoms with E-state index in [9.17, 15) is 4.39 Å². The van der Waals surface area contributed by atoms with Crippen LogP contribution in [0.3, 0.4) is 0 Å². The standard InChI is InChI=1S/C15H9FN2S2/c16-12-6-5-10(8-17)7-11(12)9-19-15-18-13-3-1-2-4-14(13)20-15/h1-7H,9H2. The minimum atomic E-state index is -0.280. The maximum atomic E-state index is 13.7. The zero-order valence-corrected chi connectivity index (χ0v) is 12.0. The lowest BCUT2D eigenvalue weighted by atomic mass is 10.1. The number of thioether (sulfide) groups is 1. The molecule has 98 valence electrons. The number of nitrogens with zero attached hydrogens (tertiary/aromatic N) is 2. The zero-order valence-electron chi connectivity index (χ0n) is 10.3. The van der Waals surface area contributed by atoms with Gasteiger partial charge in [-0.1, -0.05) is 23.9 Å². The largest absolute Gasteiger partial charge is 0.230 e. The summed E-state index contributed by atoms with van der Waals surface area (Å²) >= 11 is 3.09. The highest BCUT2D eigenvalue weighted by molar-refractivity contribution is 8.00. The van der Waals surface area contributed by atoms with Gasteiger partial charge >= 0.3 is 0 Å². The van der Waals surface area contributed by atoms with Crippen molar-refractivity contribution in [3.05, 3.63) is 59.4 Å². The summed E-state index contributed by atoms with van der Waals surface area (Å²) in [6.45, 7) is 0. The van der Waals surface area contributed by atoms with Gasteiger partial charge in [-0.2, -0.15) is 5.26 Å². The van der Waals surface area contributed by atoms with E-state index in [-0.39, 0.29) is 5.82 Å². The van der Waals surface area contributed by atoms with Gasteiger partial charge in [-0.15, -0.1) is 11.3 Å². The number of benzene rings is 2. The average molecular weight is 300 g/mol. The molecular formula is C15H9FN2S2. The lowest BCUT2D eigenvalue weighted by molar-refractivity contribution is 0.617. The van der Waals surface area contributed by atoms with Crippen molar-refractivity contribution >= 4 is 33.3 Å². The lowest BCUT2D eigenvalue weighted by Crippen LogP contribution is -1.89. The summed E-state index contributed by atoms with van der Waals surface area (Å²) in [5, 5.41) is 8.84. The fraction of sp³-hybridized carbons (Fsp3) is 0.0667. The summed E-state index contributed by atoms with van der Waals surface area (Å²) in [5.74, 6) is 0.193. The Balaban J connectivity index is 1.81. The number of para-hydroxylation sites is 1. The molecule has 20 heavy (non-hydrogen) atoms. The van der Waals surface area contributed by atoms with E-state index >= 15 is 0 Å². The maximum Gasteiger partial charge on any atom is 0.151 e. The second kappa shape index (κ2) is 5.61. The van der Waals surface area contributed by atoms with E-state index in [4.69, 9.17) is 5.26 Å². The van der Waals surface area contributed by atoms with Crippen LogP contribution >= 0.6 is 23.1 Å². The number of nitriles is 1. The molecule has 3 aromatic rings. The van der Waals surface area contributed by atoms with Crippen molar-refractivity contribution in [3.8, 4) is 6.07 Å². The quantitative estimate of drug-likeness (QED) is 0.663. The van der Waals surface area contributed by atoms with Gasteiger partial charge in [0.05, 0.1) is 21.8 Å². The van der Waals surface area contributed by atoms with Gasteiger partial charge in [0.25, 0.3) is 0 Å². The molecule has 0 aliphatic rings. The van der Waals surface area contributed by atoms with Crippen LogP contribution in [0, 0.1) is 17.1 Å². The summed E-state index contributed by atoms with van der Waals surface area (Å²) in [4.78, 5) is 4.49. The number of hydrogen-bond acceptors (Lipinski definition) is 4. The molecule has 0 aliphatic carbocycles. The molecule has 0 atom stereocenters. The molecular weight excluding hydrogens is 291 g/mol. The molecule has 2 aromatic carbocycles. The van der Waals surface area contributed by atoms with Gasteiger partial charge in [-0.3, -0.25) is 0 Å². The van der Waals surface area contributed by atoms with E-state index in [1.54, 1.807) is 17.4 Å². The first-order chi connectivity index (χ1) is 9.76. The number of aromatic nitrogens is 1. The first-order valence-electron chi connectivity index (χ1n) is 5.93. The van der Waals surface area contributed by atoms with Crippen LogP contribution in [-0.2, 0) is 5.75 Å². The third-order valence-corrected chi connectivity index (χ3v) is 5.03. The molecule has 0 radical (unpaired) electrons. The van der Waals surface area contributed by atoms with Gasteiger partial charge in [0.1, 0.15) is 5.82 Å².